The highest BCUT2D eigenvalue weighted by molar-refractivity contribution is 9.10. The van der Waals surface area contributed by atoms with E-state index in [-0.39, 0.29) is 30.2 Å². The number of benzene rings is 1. The Morgan fingerprint density at radius 3 is 2.73 bits per heavy atom. The smallest absolute Gasteiger partial charge is 0.275 e. The van der Waals surface area contributed by atoms with Crippen molar-refractivity contribution in [3.63, 3.8) is 0 Å². The van der Waals surface area contributed by atoms with Gasteiger partial charge in [0, 0.05) is 23.1 Å². The van der Waals surface area contributed by atoms with Gasteiger partial charge in [0.1, 0.15) is 12.6 Å². The van der Waals surface area contributed by atoms with Crippen LogP contribution in [0.4, 0.5) is 0 Å². The Labute approximate surface area is 183 Å². The first-order valence-electron chi connectivity index (χ1n) is 11.0. The molecule has 1 aromatic heterocycles. The van der Waals surface area contributed by atoms with Gasteiger partial charge in [-0.25, -0.2) is 4.68 Å². The summed E-state index contributed by atoms with van der Waals surface area (Å²) in [6.45, 7) is 1.94. The van der Waals surface area contributed by atoms with Crippen LogP contribution in [-0.2, 0) is 11.3 Å². The number of hydrogen-bond donors (Lipinski definition) is 1. The summed E-state index contributed by atoms with van der Waals surface area (Å²) < 4.78 is 8.06. The number of carbonyl (C=O) groups is 1. The number of carbonyl (C=O) groups excluding carboxylic acids is 1. The summed E-state index contributed by atoms with van der Waals surface area (Å²) in [6, 6.07) is 6.27. The van der Waals surface area contributed by atoms with Crippen molar-refractivity contribution in [3.8, 4) is 5.88 Å². The van der Waals surface area contributed by atoms with E-state index >= 15 is 0 Å². The minimum Gasteiger partial charge on any atom is -0.473 e. The molecule has 2 aliphatic carbocycles. The first-order valence-corrected chi connectivity index (χ1v) is 11.8. The lowest BCUT2D eigenvalue weighted by Crippen LogP contribution is -2.53. The molecule has 7 nitrogen and oxygen atoms in total. The Morgan fingerprint density at radius 1 is 1.17 bits per heavy atom. The van der Waals surface area contributed by atoms with E-state index in [4.69, 9.17) is 4.74 Å². The molecule has 0 radical (unpaired) electrons. The molecule has 1 atom stereocenters. The first kappa shape index (κ1) is 20.0. The highest BCUT2D eigenvalue weighted by Gasteiger charge is 2.30. The Bertz CT molecular complexity index is 1020. The molecule has 2 heterocycles. The van der Waals surface area contributed by atoms with Gasteiger partial charge in [-0.1, -0.05) is 22.4 Å². The van der Waals surface area contributed by atoms with Crippen molar-refractivity contribution in [1.82, 2.24) is 20.0 Å². The number of likely N-dealkylation sites (tertiary alicyclic amines) is 1. The zero-order valence-corrected chi connectivity index (χ0v) is 18.6. The molecule has 30 heavy (non-hydrogen) atoms. The van der Waals surface area contributed by atoms with Crippen molar-refractivity contribution in [1.29, 1.82) is 0 Å². The summed E-state index contributed by atoms with van der Waals surface area (Å²) >= 11 is 3.45. The molecule has 1 saturated heterocycles. The molecule has 160 valence electrons. The quantitative estimate of drug-likeness (QED) is 0.696. The normalized spacial score (nSPS) is 22.6. The number of piperidine rings is 1. The Kier molecular flexibility index (Phi) is 5.54. The van der Waals surface area contributed by atoms with E-state index in [1.165, 1.54) is 23.9 Å². The predicted octanol–water partition coefficient (Wildman–Crippen LogP) is 2.83. The van der Waals surface area contributed by atoms with Crippen molar-refractivity contribution in [3.05, 3.63) is 33.0 Å². The number of hydrogen-bond acceptors (Lipinski definition) is 5. The van der Waals surface area contributed by atoms with Crippen LogP contribution in [0.1, 0.15) is 44.9 Å². The molecule has 0 unspecified atom stereocenters. The van der Waals surface area contributed by atoms with Crippen molar-refractivity contribution < 1.29 is 9.53 Å². The van der Waals surface area contributed by atoms with Crippen LogP contribution in [0.5, 0.6) is 5.88 Å². The van der Waals surface area contributed by atoms with Crippen LogP contribution in [-0.4, -0.2) is 51.9 Å². The lowest BCUT2D eigenvalue weighted by molar-refractivity contribution is -0.123. The average Bonchev–Trinajstić information content (AvgIpc) is 3.48. The van der Waals surface area contributed by atoms with Crippen molar-refractivity contribution in [2.24, 2.45) is 0 Å². The topological polar surface area (TPSA) is 76.5 Å². The van der Waals surface area contributed by atoms with Gasteiger partial charge >= 0.3 is 0 Å². The molecule has 2 aromatic rings. The minimum atomic E-state index is -0.268. The summed E-state index contributed by atoms with van der Waals surface area (Å²) in [5.74, 6) is 0.258. The zero-order chi connectivity index (χ0) is 20.7. The summed E-state index contributed by atoms with van der Waals surface area (Å²) in [7, 11) is 0. The number of ether oxygens (including phenoxy) is 1. The van der Waals surface area contributed by atoms with Crippen molar-refractivity contribution in [2.75, 3.05) is 13.1 Å². The molecular weight excluding hydrogens is 448 g/mol. The Balaban J connectivity index is 1.32. The summed E-state index contributed by atoms with van der Waals surface area (Å²) in [5.41, 5.74) is -0.268. The number of fused-ring (bicyclic) bond motifs is 1. The van der Waals surface area contributed by atoms with Gasteiger partial charge in [0.25, 0.3) is 5.56 Å². The standard InChI is InChI=1S/C22H27BrN4O3/c23-14-6-9-18-19(11-14)21(30-17-7-8-17)25-27(22(18)29)13-20(28)24-15-3-2-10-26(12-15)16-4-1-5-16/h6,9,11,15-17H,1-5,7-8,10,12-13H2,(H,24,28)/t15-/m0/s1. The fourth-order valence-corrected chi connectivity index (χ4v) is 4.74. The van der Waals surface area contributed by atoms with Gasteiger partial charge in [-0.05, 0) is 63.3 Å². The van der Waals surface area contributed by atoms with E-state index in [1.54, 1.807) is 6.07 Å². The third kappa shape index (κ3) is 4.25. The highest BCUT2D eigenvalue weighted by atomic mass is 79.9. The van der Waals surface area contributed by atoms with Crippen LogP contribution in [0.3, 0.4) is 0 Å². The second kappa shape index (κ2) is 8.30. The Morgan fingerprint density at radius 2 is 2.00 bits per heavy atom. The summed E-state index contributed by atoms with van der Waals surface area (Å²) in [4.78, 5) is 28.2. The van der Waals surface area contributed by atoms with E-state index < -0.39 is 0 Å². The molecular formula is C22H27BrN4O3. The molecule has 0 bridgehead atoms. The lowest BCUT2D eigenvalue weighted by Gasteiger charge is -2.42. The second-order valence-corrected chi connectivity index (χ2v) is 9.68. The van der Waals surface area contributed by atoms with Crippen LogP contribution >= 0.6 is 15.9 Å². The maximum atomic E-state index is 13.0. The third-order valence-corrected chi connectivity index (χ3v) is 6.89. The van der Waals surface area contributed by atoms with Crippen molar-refractivity contribution in [2.45, 2.75) is 69.7 Å². The van der Waals surface area contributed by atoms with E-state index in [9.17, 15) is 9.59 Å². The van der Waals surface area contributed by atoms with E-state index in [0.29, 0.717) is 22.7 Å². The van der Waals surface area contributed by atoms with Gasteiger partial charge in [-0.15, -0.1) is 5.10 Å². The van der Waals surface area contributed by atoms with Crippen molar-refractivity contribution >= 4 is 32.6 Å². The predicted molar refractivity (Wildman–Crippen MR) is 118 cm³/mol. The third-order valence-electron chi connectivity index (χ3n) is 6.39. The molecule has 1 aliphatic heterocycles. The average molecular weight is 475 g/mol. The van der Waals surface area contributed by atoms with Crippen LogP contribution in [0.25, 0.3) is 10.8 Å². The number of rotatable bonds is 6. The Hall–Kier alpha value is -1.93. The van der Waals surface area contributed by atoms with Gasteiger partial charge < -0.3 is 10.1 Å². The number of nitrogens with one attached hydrogen (secondary N) is 1. The van der Waals surface area contributed by atoms with Crippen LogP contribution < -0.4 is 15.6 Å². The molecule has 3 fully saturated rings. The van der Waals surface area contributed by atoms with Crippen LogP contribution in [0, 0.1) is 0 Å². The largest absolute Gasteiger partial charge is 0.473 e. The summed E-state index contributed by atoms with van der Waals surface area (Å²) in [5, 5.41) is 8.74. The van der Waals surface area contributed by atoms with E-state index in [0.717, 1.165) is 43.2 Å². The molecule has 8 heteroatoms. The first-order chi connectivity index (χ1) is 14.6. The maximum absolute atomic E-state index is 13.0. The van der Waals surface area contributed by atoms with Gasteiger partial charge in [-0.2, -0.15) is 0 Å². The molecule has 2 saturated carbocycles. The number of amides is 1. The summed E-state index contributed by atoms with van der Waals surface area (Å²) in [6.07, 6.45) is 8.10. The van der Waals surface area contributed by atoms with Gasteiger partial charge in [0.05, 0.1) is 10.8 Å². The fourth-order valence-electron chi connectivity index (χ4n) is 4.38. The number of nitrogens with zero attached hydrogens (tertiary/aromatic N) is 3. The maximum Gasteiger partial charge on any atom is 0.275 e. The molecule has 3 aliphatic rings. The van der Waals surface area contributed by atoms with E-state index in [2.05, 4.69) is 31.2 Å². The van der Waals surface area contributed by atoms with Crippen LogP contribution in [0.2, 0.25) is 0 Å². The molecule has 1 amide bonds. The number of halogens is 1. The molecule has 1 N–H and O–H groups in total. The highest BCUT2D eigenvalue weighted by Crippen LogP contribution is 2.31. The molecule has 1 aromatic carbocycles. The molecule has 5 rings (SSSR count). The fraction of sp³-hybridized carbons (Fsp3) is 0.591. The monoisotopic (exact) mass is 474 g/mol. The van der Waals surface area contributed by atoms with E-state index in [1.807, 2.05) is 12.1 Å². The van der Waals surface area contributed by atoms with Crippen LogP contribution in [0.15, 0.2) is 27.5 Å². The lowest BCUT2D eigenvalue weighted by atomic mass is 9.89. The van der Waals surface area contributed by atoms with Gasteiger partial charge in [-0.3, -0.25) is 14.5 Å². The SMILES string of the molecule is O=C(Cn1nc(OC2CC2)c2cc(Br)ccc2c1=O)N[C@H]1CCCN(C2CCC2)C1. The van der Waals surface area contributed by atoms with Gasteiger partial charge in [0.2, 0.25) is 11.8 Å². The zero-order valence-electron chi connectivity index (χ0n) is 17.0. The minimum absolute atomic E-state index is 0.0915. The van der Waals surface area contributed by atoms with Gasteiger partial charge in [0.15, 0.2) is 0 Å². The number of aromatic nitrogens is 2. The molecule has 0 spiro atoms. The second-order valence-electron chi connectivity index (χ2n) is 8.76.